The largest absolute Gasteiger partial charge is 0.491 e. The standard InChI is InChI=1S/C24H26N2O5/c1-23(2,3)31-22(28)26-11-10-16(13-26)30-15-8-9-18-20(12-15)29-14-24(18)17-6-4-5-7-19(17)25-21(24)27/h4-9,12,16H,10-11,13-14H2,1-3H3,(H,25,27)/t16-,24?/m0/s1. The van der Waals surface area contributed by atoms with Gasteiger partial charge in [-0.25, -0.2) is 4.79 Å². The number of benzene rings is 2. The average molecular weight is 422 g/mol. The van der Waals surface area contributed by atoms with Crippen LogP contribution >= 0.6 is 0 Å². The van der Waals surface area contributed by atoms with Crippen LogP contribution in [0.25, 0.3) is 0 Å². The van der Waals surface area contributed by atoms with Gasteiger partial charge in [0.05, 0.1) is 6.54 Å². The van der Waals surface area contributed by atoms with E-state index >= 15 is 0 Å². The lowest BCUT2D eigenvalue weighted by Crippen LogP contribution is -2.37. The Hall–Kier alpha value is -3.22. The predicted octanol–water partition coefficient (Wildman–Crippen LogP) is 3.71. The lowest BCUT2D eigenvalue weighted by Gasteiger charge is -2.24. The van der Waals surface area contributed by atoms with E-state index in [9.17, 15) is 9.59 Å². The van der Waals surface area contributed by atoms with E-state index in [1.807, 2.05) is 63.2 Å². The number of amides is 2. The maximum atomic E-state index is 12.9. The van der Waals surface area contributed by atoms with Crippen molar-refractivity contribution in [3.63, 3.8) is 0 Å². The normalized spacial score (nSPS) is 23.9. The van der Waals surface area contributed by atoms with Crippen molar-refractivity contribution in [3.8, 4) is 11.5 Å². The van der Waals surface area contributed by atoms with Gasteiger partial charge in [0.15, 0.2) is 0 Å². The molecule has 0 bridgehead atoms. The zero-order chi connectivity index (χ0) is 21.8. The summed E-state index contributed by atoms with van der Waals surface area (Å²) in [6.07, 6.45) is 0.303. The highest BCUT2D eigenvalue weighted by atomic mass is 16.6. The van der Waals surface area contributed by atoms with Crippen molar-refractivity contribution in [2.45, 2.75) is 44.3 Å². The highest BCUT2D eigenvalue weighted by Gasteiger charge is 2.53. The smallest absolute Gasteiger partial charge is 0.410 e. The first-order valence-electron chi connectivity index (χ1n) is 10.6. The summed E-state index contributed by atoms with van der Waals surface area (Å²) in [5.41, 5.74) is 1.29. The van der Waals surface area contributed by atoms with Gasteiger partial charge in [0.2, 0.25) is 5.91 Å². The van der Waals surface area contributed by atoms with Crippen LogP contribution < -0.4 is 14.8 Å². The van der Waals surface area contributed by atoms with E-state index in [0.717, 1.165) is 23.2 Å². The number of rotatable bonds is 2. The summed E-state index contributed by atoms with van der Waals surface area (Å²) in [7, 11) is 0. The summed E-state index contributed by atoms with van der Waals surface area (Å²) in [5.74, 6) is 1.26. The Labute approximate surface area is 181 Å². The fourth-order valence-electron chi connectivity index (χ4n) is 4.55. The van der Waals surface area contributed by atoms with Crippen molar-refractivity contribution >= 4 is 17.7 Å². The first kappa shape index (κ1) is 19.7. The van der Waals surface area contributed by atoms with Crippen LogP contribution in [0.1, 0.15) is 38.3 Å². The zero-order valence-electron chi connectivity index (χ0n) is 17.9. The van der Waals surface area contributed by atoms with Crippen LogP contribution in [-0.2, 0) is 14.9 Å². The Balaban J connectivity index is 1.32. The second kappa shape index (κ2) is 6.90. The number of anilines is 1. The minimum absolute atomic E-state index is 0.0649. The van der Waals surface area contributed by atoms with Crippen LogP contribution in [-0.4, -0.2) is 48.3 Å². The third kappa shape index (κ3) is 3.28. The summed E-state index contributed by atoms with van der Waals surface area (Å²) < 4.78 is 17.5. The molecule has 0 saturated carbocycles. The molecule has 0 aromatic heterocycles. The van der Waals surface area contributed by atoms with E-state index in [0.29, 0.717) is 24.6 Å². The van der Waals surface area contributed by atoms with E-state index in [4.69, 9.17) is 14.2 Å². The summed E-state index contributed by atoms with van der Waals surface area (Å²) in [6, 6.07) is 13.4. The number of nitrogens with one attached hydrogen (secondary N) is 1. The minimum Gasteiger partial charge on any atom is -0.491 e. The summed E-state index contributed by atoms with van der Waals surface area (Å²) in [4.78, 5) is 26.9. The second-order valence-corrected chi connectivity index (χ2v) is 9.31. The Bertz CT molecular complexity index is 1060. The Morgan fingerprint density at radius 3 is 2.81 bits per heavy atom. The molecule has 2 atom stereocenters. The molecule has 2 amide bonds. The molecular weight excluding hydrogens is 396 g/mol. The van der Waals surface area contributed by atoms with E-state index in [1.165, 1.54) is 0 Å². The van der Waals surface area contributed by atoms with Gasteiger partial charge in [0.25, 0.3) is 0 Å². The molecule has 7 nitrogen and oxygen atoms in total. The average Bonchev–Trinajstić information content (AvgIpc) is 3.39. The molecule has 1 N–H and O–H groups in total. The van der Waals surface area contributed by atoms with E-state index in [1.54, 1.807) is 4.90 Å². The van der Waals surface area contributed by atoms with Crippen LogP contribution in [0.15, 0.2) is 42.5 Å². The quantitative estimate of drug-likeness (QED) is 0.799. The van der Waals surface area contributed by atoms with Crippen LogP contribution in [0.2, 0.25) is 0 Å². The fraction of sp³-hybridized carbons (Fsp3) is 0.417. The molecule has 0 radical (unpaired) electrons. The van der Waals surface area contributed by atoms with Crippen LogP contribution in [0.4, 0.5) is 10.5 Å². The van der Waals surface area contributed by atoms with Crippen molar-refractivity contribution in [1.29, 1.82) is 0 Å². The van der Waals surface area contributed by atoms with Gasteiger partial charge in [-0.1, -0.05) is 24.3 Å². The number of hydrogen-bond donors (Lipinski definition) is 1. The van der Waals surface area contributed by atoms with Gasteiger partial charge in [-0.15, -0.1) is 0 Å². The number of para-hydroxylation sites is 1. The van der Waals surface area contributed by atoms with Crippen molar-refractivity contribution in [1.82, 2.24) is 4.90 Å². The van der Waals surface area contributed by atoms with E-state index < -0.39 is 11.0 Å². The Morgan fingerprint density at radius 1 is 1.19 bits per heavy atom. The molecule has 31 heavy (non-hydrogen) atoms. The topological polar surface area (TPSA) is 77.1 Å². The van der Waals surface area contributed by atoms with Gasteiger partial charge in [-0.05, 0) is 38.5 Å². The molecule has 3 aliphatic rings. The molecule has 7 heteroatoms. The molecular formula is C24H26N2O5. The molecule has 1 unspecified atom stereocenters. The van der Waals surface area contributed by atoms with Crippen LogP contribution in [0.5, 0.6) is 11.5 Å². The Morgan fingerprint density at radius 2 is 2.00 bits per heavy atom. The van der Waals surface area contributed by atoms with Gasteiger partial charge in [0.1, 0.15) is 35.2 Å². The third-order valence-corrected chi connectivity index (χ3v) is 5.98. The number of fused-ring (bicyclic) bond motifs is 4. The minimum atomic E-state index is -0.814. The zero-order valence-corrected chi connectivity index (χ0v) is 17.9. The SMILES string of the molecule is CC(C)(C)OC(=O)N1CC[C@H](Oc2ccc3c(c2)OCC32C(=O)Nc3ccccc32)C1. The number of carbonyl (C=O) groups excluding carboxylic acids is 2. The maximum absolute atomic E-state index is 12.9. The highest BCUT2D eigenvalue weighted by Crippen LogP contribution is 2.50. The first-order valence-corrected chi connectivity index (χ1v) is 10.6. The van der Waals surface area contributed by atoms with Crippen molar-refractivity contribution in [2.75, 3.05) is 25.0 Å². The number of likely N-dealkylation sites (tertiary alicyclic amines) is 1. The lowest BCUT2D eigenvalue weighted by atomic mass is 9.77. The highest BCUT2D eigenvalue weighted by molar-refractivity contribution is 6.09. The molecule has 3 aliphatic heterocycles. The van der Waals surface area contributed by atoms with E-state index in [2.05, 4.69) is 5.32 Å². The van der Waals surface area contributed by atoms with Gasteiger partial charge < -0.3 is 24.4 Å². The van der Waals surface area contributed by atoms with Crippen molar-refractivity contribution in [3.05, 3.63) is 53.6 Å². The number of carbonyl (C=O) groups is 2. The molecule has 1 fully saturated rings. The third-order valence-electron chi connectivity index (χ3n) is 5.98. The molecule has 3 heterocycles. The molecule has 5 rings (SSSR count). The van der Waals surface area contributed by atoms with Gasteiger partial charge >= 0.3 is 6.09 Å². The molecule has 1 spiro atoms. The molecule has 162 valence electrons. The fourth-order valence-corrected chi connectivity index (χ4v) is 4.55. The molecule has 1 saturated heterocycles. The lowest BCUT2D eigenvalue weighted by molar-refractivity contribution is -0.119. The van der Waals surface area contributed by atoms with Crippen LogP contribution in [0.3, 0.4) is 0 Å². The van der Waals surface area contributed by atoms with Crippen molar-refractivity contribution in [2.24, 2.45) is 0 Å². The van der Waals surface area contributed by atoms with Gasteiger partial charge in [-0.3, -0.25) is 4.79 Å². The molecule has 2 aromatic carbocycles. The number of nitrogens with zero attached hydrogens (tertiary/aromatic N) is 1. The van der Waals surface area contributed by atoms with Gasteiger partial charge in [0, 0.05) is 30.3 Å². The Kier molecular flexibility index (Phi) is 4.39. The summed E-state index contributed by atoms with van der Waals surface area (Å²) in [5, 5.41) is 2.98. The first-order chi connectivity index (χ1) is 14.8. The summed E-state index contributed by atoms with van der Waals surface area (Å²) >= 11 is 0. The monoisotopic (exact) mass is 422 g/mol. The predicted molar refractivity (Wildman–Crippen MR) is 115 cm³/mol. The number of hydrogen-bond acceptors (Lipinski definition) is 5. The van der Waals surface area contributed by atoms with Gasteiger partial charge in [-0.2, -0.15) is 0 Å². The van der Waals surface area contributed by atoms with Crippen molar-refractivity contribution < 1.29 is 23.8 Å². The van der Waals surface area contributed by atoms with E-state index in [-0.39, 0.29) is 24.7 Å². The number of ether oxygens (including phenoxy) is 3. The maximum Gasteiger partial charge on any atom is 0.410 e. The summed E-state index contributed by atoms with van der Waals surface area (Å²) in [6.45, 7) is 6.91. The van der Waals surface area contributed by atoms with Crippen LogP contribution in [0, 0.1) is 0 Å². The molecule has 0 aliphatic carbocycles. The molecule has 2 aromatic rings. The second-order valence-electron chi connectivity index (χ2n) is 9.31.